The maximum absolute atomic E-state index is 12.3. The number of hydrogen-bond acceptors (Lipinski definition) is 5. The van der Waals surface area contributed by atoms with Crippen molar-refractivity contribution in [2.24, 2.45) is 0 Å². The summed E-state index contributed by atoms with van der Waals surface area (Å²) >= 11 is 0. The number of rotatable bonds is 7. The Labute approximate surface area is 112 Å². The lowest BCUT2D eigenvalue weighted by atomic mass is 10.2. The second-order valence-electron chi connectivity index (χ2n) is 4.01. The van der Waals surface area contributed by atoms with Gasteiger partial charge < -0.3 is 15.4 Å². The van der Waals surface area contributed by atoms with Crippen molar-refractivity contribution in [3.63, 3.8) is 0 Å². The minimum absolute atomic E-state index is 0.214. The quantitative estimate of drug-likeness (QED) is 0.748. The lowest BCUT2D eigenvalue weighted by Crippen LogP contribution is -2.35. The largest absolute Gasteiger partial charge is 0.395 e. The summed E-state index contributed by atoms with van der Waals surface area (Å²) in [5, 5.41) is 15.3. The van der Waals surface area contributed by atoms with Crippen LogP contribution in [-0.4, -0.2) is 47.8 Å². The molecule has 0 saturated heterocycles. The Morgan fingerprint density at radius 2 is 2.32 bits per heavy atom. The number of nitriles is 1. The zero-order valence-corrected chi connectivity index (χ0v) is 11.3. The van der Waals surface area contributed by atoms with Gasteiger partial charge in [-0.1, -0.05) is 6.92 Å². The average molecular weight is 265 g/mol. The second-order valence-corrected chi connectivity index (χ2v) is 4.01. The first kappa shape index (κ1) is 15.0. The highest BCUT2D eigenvalue weighted by atomic mass is 16.5. The molecule has 3 N–H and O–H groups in total. The number of carbonyl (C=O) groups excluding carboxylic acids is 1. The minimum atomic E-state index is -0.277. The molecule has 0 radical (unpaired) electrons. The number of carbonyl (C=O) groups is 1. The minimum Gasteiger partial charge on any atom is -0.395 e. The van der Waals surface area contributed by atoms with Gasteiger partial charge in [-0.25, -0.2) is 0 Å². The predicted molar refractivity (Wildman–Crippen MR) is 70.4 cm³/mol. The molecule has 1 heterocycles. The highest BCUT2D eigenvalue weighted by Crippen LogP contribution is 2.16. The number of anilines is 1. The fourth-order valence-corrected chi connectivity index (χ4v) is 1.67. The van der Waals surface area contributed by atoms with Crippen molar-refractivity contribution >= 4 is 11.6 Å². The number of aromatic nitrogens is 2. The van der Waals surface area contributed by atoms with Crippen LogP contribution >= 0.6 is 0 Å². The molecule has 7 heteroatoms. The smallest absolute Gasteiger partial charge is 0.276 e. The number of H-pyrrole nitrogens is 1. The number of amides is 1. The van der Waals surface area contributed by atoms with Gasteiger partial charge in [-0.2, -0.15) is 10.4 Å². The Hall–Kier alpha value is -2.07. The monoisotopic (exact) mass is 265 g/mol. The van der Waals surface area contributed by atoms with Crippen molar-refractivity contribution in [3.8, 4) is 6.07 Å². The summed E-state index contributed by atoms with van der Waals surface area (Å²) in [5.74, 6) is -0.277. The van der Waals surface area contributed by atoms with Crippen LogP contribution in [0, 0.1) is 11.3 Å². The van der Waals surface area contributed by atoms with Crippen molar-refractivity contribution in [2.75, 3.05) is 32.5 Å². The molecule has 19 heavy (non-hydrogen) atoms. The molecule has 0 bridgehead atoms. The van der Waals surface area contributed by atoms with Crippen molar-refractivity contribution in [1.29, 1.82) is 5.26 Å². The van der Waals surface area contributed by atoms with Crippen LogP contribution in [0.2, 0.25) is 0 Å². The maximum atomic E-state index is 12.3. The number of methoxy groups -OCH3 is 1. The van der Waals surface area contributed by atoms with Crippen molar-refractivity contribution < 1.29 is 9.53 Å². The number of nitrogen functional groups attached to an aromatic ring is 1. The molecule has 7 nitrogen and oxygen atoms in total. The molecule has 0 spiro atoms. The average Bonchev–Trinajstić information content (AvgIpc) is 2.79. The zero-order valence-electron chi connectivity index (χ0n) is 11.3. The molecule has 0 fully saturated rings. The molecule has 1 aromatic heterocycles. The molecule has 1 amide bonds. The Balaban J connectivity index is 2.85. The normalized spacial score (nSPS) is 10.2. The SMILES string of the molecule is CCc1[nH]nc(C(=O)N(CCC#N)CCOC)c1N. The van der Waals surface area contributed by atoms with Crippen LogP contribution in [0.5, 0.6) is 0 Å². The van der Waals surface area contributed by atoms with Gasteiger partial charge in [0, 0.05) is 20.2 Å². The van der Waals surface area contributed by atoms with Gasteiger partial charge in [-0.3, -0.25) is 9.89 Å². The summed E-state index contributed by atoms with van der Waals surface area (Å²) < 4.78 is 4.96. The zero-order chi connectivity index (χ0) is 14.3. The van der Waals surface area contributed by atoms with E-state index < -0.39 is 0 Å². The summed E-state index contributed by atoms with van der Waals surface area (Å²) in [4.78, 5) is 13.8. The van der Waals surface area contributed by atoms with Crippen LogP contribution in [-0.2, 0) is 11.2 Å². The first-order valence-corrected chi connectivity index (χ1v) is 6.13. The summed E-state index contributed by atoms with van der Waals surface area (Å²) in [6, 6.07) is 2.02. The standard InChI is InChI=1S/C12H19N5O2/c1-3-9-10(14)11(16-15-9)12(18)17(6-4-5-13)7-8-19-2/h3-4,6-8,14H2,1-2H3,(H,15,16). The van der Waals surface area contributed by atoms with Crippen LogP contribution in [0.15, 0.2) is 0 Å². The summed E-state index contributed by atoms with van der Waals surface area (Å²) in [5.41, 5.74) is 7.21. The van der Waals surface area contributed by atoms with Crippen LogP contribution in [0.1, 0.15) is 29.5 Å². The number of aryl methyl sites for hydroxylation is 1. The van der Waals surface area contributed by atoms with E-state index in [4.69, 9.17) is 15.7 Å². The lowest BCUT2D eigenvalue weighted by Gasteiger charge is -2.20. The number of ether oxygens (including phenoxy) is 1. The summed E-state index contributed by atoms with van der Waals surface area (Å²) in [6.45, 7) is 3.08. The van der Waals surface area contributed by atoms with Crippen LogP contribution in [0.3, 0.4) is 0 Å². The number of nitrogens with zero attached hydrogens (tertiary/aromatic N) is 3. The fraction of sp³-hybridized carbons (Fsp3) is 0.583. The third-order valence-electron chi connectivity index (χ3n) is 2.79. The Morgan fingerprint density at radius 1 is 1.58 bits per heavy atom. The van der Waals surface area contributed by atoms with E-state index >= 15 is 0 Å². The molecular weight excluding hydrogens is 246 g/mol. The Bertz CT molecular complexity index is 463. The molecule has 0 atom stereocenters. The van der Waals surface area contributed by atoms with E-state index in [1.54, 1.807) is 7.11 Å². The van der Waals surface area contributed by atoms with Crippen LogP contribution in [0.25, 0.3) is 0 Å². The molecule has 0 unspecified atom stereocenters. The van der Waals surface area contributed by atoms with E-state index in [-0.39, 0.29) is 18.0 Å². The fourth-order valence-electron chi connectivity index (χ4n) is 1.67. The molecular formula is C12H19N5O2. The van der Waals surface area contributed by atoms with E-state index in [9.17, 15) is 4.79 Å². The predicted octanol–water partition coefficient (Wildman–Crippen LogP) is 0.557. The highest BCUT2D eigenvalue weighted by molar-refractivity contribution is 5.97. The lowest BCUT2D eigenvalue weighted by molar-refractivity contribution is 0.0695. The number of hydrogen-bond donors (Lipinski definition) is 2. The van der Waals surface area contributed by atoms with Crippen molar-refractivity contribution in [3.05, 3.63) is 11.4 Å². The first-order valence-electron chi connectivity index (χ1n) is 6.13. The van der Waals surface area contributed by atoms with Gasteiger partial charge >= 0.3 is 0 Å². The maximum Gasteiger partial charge on any atom is 0.276 e. The first-order chi connectivity index (χ1) is 9.15. The molecule has 0 saturated carbocycles. The molecule has 0 aromatic carbocycles. The number of nitrogens with two attached hydrogens (primary N) is 1. The Kier molecular flexibility index (Phi) is 5.82. The molecule has 0 aliphatic rings. The van der Waals surface area contributed by atoms with E-state index in [0.29, 0.717) is 31.8 Å². The topological polar surface area (TPSA) is 108 Å². The van der Waals surface area contributed by atoms with Gasteiger partial charge in [0.1, 0.15) is 0 Å². The molecule has 1 rings (SSSR count). The third-order valence-corrected chi connectivity index (χ3v) is 2.79. The second kappa shape index (κ2) is 7.38. The van der Waals surface area contributed by atoms with Gasteiger partial charge in [-0.15, -0.1) is 0 Å². The molecule has 104 valence electrons. The summed E-state index contributed by atoms with van der Waals surface area (Å²) in [6.07, 6.45) is 0.947. The van der Waals surface area contributed by atoms with Crippen molar-refractivity contribution in [1.82, 2.24) is 15.1 Å². The molecule has 1 aromatic rings. The molecule has 0 aliphatic heterocycles. The van der Waals surface area contributed by atoms with Gasteiger partial charge in [0.15, 0.2) is 5.69 Å². The van der Waals surface area contributed by atoms with Gasteiger partial charge in [0.2, 0.25) is 0 Å². The van der Waals surface area contributed by atoms with E-state index in [2.05, 4.69) is 10.2 Å². The van der Waals surface area contributed by atoms with Crippen LogP contribution in [0.4, 0.5) is 5.69 Å². The van der Waals surface area contributed by atoms with Gasteiger partial charge in [0.05, 0.1) is 30.5 Å². The highest BCUT2D eigenvalue weighted by Gasteiger charge is 2.22. The Morgan fingerprint density at radius 3 is 2.84 bits per heavy atom. The summed E-state index contributed by atoms with van der Waals surface area (Å²) in [7, 11) is 1.56. The van der Waals surface area contributed by atoms with Gasteiger partial charge in [-0.05, 0) is 6.42 Å². The number of aromatic amines is 1. The third kappa shape index (κ3) is 3.69. The molecule has 0 aliphatic carbocycles. The van der Waals surface area contributed by atoms with E-state index in [1.807, 2.05) is 13.0 Å². The van der Waals surface area contributed by atoms with Gasteiger partial charge in [0.25, 0.3) is 5.91 Å². The van der Waals surface area contributed by atoms with Crippen LogP contribution < -0.4 is 5.73 Å². The number of nitrogens with one attached hydrogen (secondary N) is 1. The van der Waals surface area contributed by atoms with Crippen molar-refractivity contribution in [2.45, 2.75) is 19.8 Å². The van der Waals surface area contributed by atoms with E-state index in [1.165, 1.54) is 4.90 Å². The van der Waals surface area contributed by atoms with E-state index in [0.717, 1.165) is 5.69 Å².